The Morgan fingerprint density at radius 1 is 1.26 bits per heavy atom. The Balaban J connectivity index is 2.07. The number of carbonyl (C=O) groups is 1. The van der Waals surface area contributed by atoms with Gasteiger partial charge in [-0.25, -0.2) is 4.79 Å². The Hall–Kier alpha value is -1.67. The average molecular weight is 325 g/mol. The van der Waals surface area contributed by atoms with E-state index in [1.54, 1.807) is 6.92 Å². The van der Waals surface area contributed by atoms with E-state index >= 15 is 0 Å². The number of nitrogens with zero attached hydrogens (tertiary/aromatic N) is 1. The summed E-state index contributed by atoms with van der Waals surface area (Å²) in [5, 5.41) is 0. The van der Waals surface area contributed by atoms with Gasteiger partial charge in [0.05, 0.1) is 17.8 Å². The first-order valence-electron chi connectivity index (χ1n) is 7.47. The third kappa shape index (κ3) is 3.81. The highest BCUT2D eigenvalue weighted by Gasteiger charge is 2.52. The quantitative estimate of drug-likeness (QED) is 0.464. The molecule has 1 saturated heterocycles. The number of halogens is 1. The van der Waals surface area contributed by atoms with Crippen LogP contribution < -0.4 is 10.2 Å². The largest absolute Gasteiger partial charge is 0.499 e. The zero-order chi connectivity index (χ0) is 17.3. The monoisotopic (exact) mass is 325 g/mol. The molecule has 0 unspecified atom stereocenters. The molecule has 0 saturated carbocycles. The second kappa shape index (κ2) is 6.45. The summed E-state index contributed by atoms with van der Waals surface area (Å²) < 4.78 is 35.6. The average Bonchev–Trinajstić information content (AvgIpc) is 2.65. The van der Waals surface area contributed by atoms with Gasteiger partial charge in [-0.1, -0.05) is 6.07 Å². The Kier molecular flexibility index (Phi) is 4.96. The molecule has 0 atom stereocenters. The molecule has 1 aliphatic rings. The van der Waals surface area contributed by atoms with Crippen molar-refractivity contribution in [2.45, 2.75) is 45.8 Å². The molecule has 1 aliphatic heterocycles. The first-order valence-corrected chi connectivity index (χ1v) is 7.47. The van der Waals surface area contributed by atoms with Crippen molar-refractivity contribution in [1.82, 2.24) is 4.98 Å². The molecule has 1 aromatic rings. The van der Waals surface area contributed by atoms with Gasteiger partial charge in [0.1, 0.15) is 0 Å². The van der Waals surface area contributed by atoms with Gasteiger partial charge in [0.15, 0.2) is 6.61 Å². The number of hydrogen-bond donors (Lipinski definition) is 0. The summed E-state index contributed by atoms with van der Waals surface area (Å²) in [7, 11) is -0.841. The second-order valence-electron chi connectivity index (χ2n) is 6.21. The maximum atomic E-state index is 14.2. The first kappa shape index (κ1) is 17.7. The van der Waals surface area contributed by atoms with Crippen molar-refractivity contribution in [3.63, 3.8) is 0 Å². The molecule has 8 heteroatoms. The molecule has 0 aliphatic carbocycles. The molecule has 6 nitrogen and oxygen atoms in total. The van der Waals surface area contributed by atoms with Crippen LogP contribution in [0.25, 0.3) is 0 Å². The van der Waals surface area contributed by atoms with Gasteiger partial charge in [-0.2, -0.15) is 9.37 Å². The molecule has 1 aromatic heterocycles. The van der Waals surface area contributed by atoms with E-state index in [-0.39, 0.29) is 24.6 Å². The lowest BCUT2D eigenvalue weighted by Gasteiger charge is -2.32. The van der Waals surface area contributed by atoms with E-state index in [4.69, 9.17) is 18.8 Å². The zero-order valence-corrected chi connectivity index (χ0v) is 14.0. The third-order valence-corrected chi connectivity index (χ3v) is 4.00. The summed E-state index contributed by atoms with van der Waals surface area (Å²) >= 11 is 0. The summed E-state index contributed by atoms with van der Waals surface area (Å²) in [6.45, 7) is 9.16. The van der Waals surface area contributed by atoms with Crippen LogP contribution in [0.15, 0.2) is 12.1 Å². The van der Waals surface area contributed by atoms with Gasteiger partial charge in [0.25, 0.3) is 0 Å². The lowest BCUT2D eigenvalue weighted by Crippen LogP contribution is -2.41. The van der Waals surface area contributed by atoms with Crippen molar-refractivity contribution >= 4 is 18.6 Å². The van der Waals surface area contributed by atoms with E-state index in [2.05, 4.69) is 4.98 Å². The molecule has 0 amide bonds. The molecule has 0 aromatic carbocycles. The van der Waals surface area contributed by atoms with Crippen molar-refractivity contribution in [1.29, 1.82) is 0 Å². The Labute approximate surface area is 135 Å². The van der Waals surface area contributed by atoms with Crippen molar-refractivity contribution in [3.8, 4) is 5.88 Å². The number of rotatable bonds is 5. The highest BCUT2D eigenvalue weighted by Crippen LogP contribution is 2.36. The number of aromatic nitrogens is 1. The normalized spacial score (nSPS) is 18.8. The lowest BCUT2D eigenvalue weighted by atomic mass is 9.80. The molecule has 126 valence electrons. The minimum Gasteiger partial charge on any atom is -0.466 e. The summed E-state index contributed by atoms with van der Waals surface area (Å²) in [6, 6.07) is 2.94. The first-order chi connectivity index (χ1) is 10.7. The number of carbonyl (C=O) groups excluding carboxylic acids is 1. The maximum absolute atomic E-state index is 14.2. The highest BCUT2D eigenvalue weighted by molar-refractivity contribution is 6.62. The molecule has 0 N–H and O–H groups in total. The number of ether oxygens (including phenoxy) is 2. The van der Waals surface area contributed by atoms with Crippen LogP contribution in [0.5, 0.6) is 5.88 Å². The summed E-state index contributed by atoms with van der Waals surface area (Å²) in [4.78, 5) is 14.9. The van der Waals surface area contributed by atoms with E-state index in [1.807, 2.05) is 27.7 Å². The van der Waals surface area contributed by atoms with Crippen LogP contribution in [0.3, 0.4) is 0 Å². The molecule has 1 fully saturated rings. The molecule has 23 heavy (non-hydrogen) atoms. The van der Waals surface area contributed by atoms with E-state index in [0.29, 0.717) is 0 Å². The Morgan fingerprint density at radius 2 is 1.87 bits per heavy atom. The summed E-state index contributed by atoms with van der Waals surface area (Å²) in [5.74, 6) is -1.30. The zero-order valence-electron chi connectivity index (χ0n) is 14.0. The van der Waals surface area contributed by atoms with Crippen LogP contribution in [0, 0.1) is 5.95 Å². The smallest absolute Gasteiger partial charge is 0.466 e. The van der Waals surface area contributed by atoms with Gasteiger partial charge in [0, 0.05) is 11.5 Å². The van der Waals surface area contributed by atoms with Crippen LogP contribution in [0.1, 0.15) is 34.6 Å². The van der Waals surface area contributed by atoms with Gasteiger partial charge < -0.3 is 18.8 Å². The number of esters is 1. The SMILES string of the molecule is CCOC(=O)COc1ccc(B2OC(C)(C)C(C)(C)O2)c(F)n1. The van der Waals surface area contributed by atoms with Crippen molar-refractivity contribution < 1.29 is 28.0 Å². The van der Waals surface area contributed by atoms with Gasteiger partial charge in [-0.3, -0.25) is 0 Å². The third-order valence-electron chi connectivity index (χ3n) is 4.00. The molecule has 0 bridgehead atoms. The lowest BCUT2D eigenvalue weighted by molar-refractivity contribution is -0.145. The second-order valence-corrected chi connectivity index (χ2v) is 6.21. The fourth-order valence-electron chi connectivity index (χ4n) is 1.99. The standard InChI is InChI=1S/C15H21BFNO5/c1-6-20-12(19)9-21-11-8-7-10(13(17)18-11)16-22-14(2,3)15(4,5)23-16/h7-8H,6,9H2,1-5H3. The number of pyridine rings is 1. The van der Waals surface area contributed by atoms with E-state index < -0.39 is 30.2 Å². The molecular weight excluding hydrogens is 304 g/mol. The van der Waals surface area contributed by atoms with Gasteiger partial charge in [0.2, 0.25) is 11.8 Å². The van der Waals surface area contributed by atoms with Crippen molar-refractivity contribution in [2.75, 3.05) is 13.2 Å². The predicted octanol–water partition coefficient (Wildman–Crippen LogP) is 1.46. The van der Waals surface area contributed by atoms with Crippen LogP contribution in [-0.2, 0) is 18.8 Å². The predicted molar refractivity (Wildman–Crippen MR) is 82.0 cm³/mol. The highest BCUT2D eigenvalue weighted by atomic mass is 19.1. The molecule has 2 heterocycles. The van der Waals surface area contributed by atoms with Gasteiger partial charge >= 0.3 is 13.1 Å². The van der Waals surface area contributed by atoms with E-state index in [1.165, 1.54) is 12.1 Å². The van der Waals surface area contributed by atoms with Gasteiger partial charge in [-0.05, 0) is 34.6 Å². The minimum atomic E-state index is -0.841. The van der Waals surface area contributed by atoms with E-state index in [0.717, 1.165) is 0 Å². The molecule has 0 radical (unpaired) electrons. The van der Waals surface area contributed by atoms with Crippen LogP contribution in [0.4, 0.5) is 4.39 Å². The van der Waals surface area contributed by atoms with E-state index in [9.17, 15) is 9.18 Å². The van der Waals surface area contributed by atoms with Crippen LogP contribution in [-0.4, -0.2) is 42.5 Å². The topological polar surface area (TPSA) is 66.9 Å². The summed E-state index contributed by atoms with van der Waals surface area (Å²) in [5.41, 5.74) is -0.945. The van der Waals surface area contributed by atoms with Crippen LogP contribution >= 0.6 is 0 Å². The minimum absolute atomic E-state index is 0.00387. The number of hydrogen-bond acceptors (Lipinski definition) is 6. The molecule has 2 rings (SSSR count). The fourth-order valence-corrected chi connectivity index (χ4v) is 1.99. The Bertz CT molecular complexity index is 577. The molecule has 0 spiro atoms. The van der Waals surface area contributed by atoms with Crippen molar-refractivity contribution in [3.05, 3.63) is 18.1 Å². The Morgan fingerprint density at radius 3 is 2.39 bits per heavy atom. The van der Waals surface area contributed by atoms with Crippen molar-refractivity contribution in [2.24, 2.45) is 0 Å². The maximum Gasteiger partial charge on any atom is 0.499 e. The van der Waals surface area contributed by atoms with Crippen LogP contribution in [0.2, 0.25) is 0 Å². The fraction of sp³-hybridized carbons (Fsp3) is 0.600. The summed E-state index contributed by atoms with van der Waals surface area (Å²) in [6.07, 6.45) is 0. The molecular formula is C15H21BFNO5. The van der Waals surface area contributed by atoms with Gasteiger partial charge in [-0.15, -0.1) is 0 Å².